The van der Waals surface area contributed by atoms with Crippen LogP contribution in [0.1, 0.15) is 34.1 Å². The second-order valence-electron chi connectivity index (χ2n) is 4.84. The first-order valence-corrected chi connectivity index (χ1v) is 6.55. The van der Waals surface area contributed by atoms with Crippen molar-refractivity contribution in [2.75, 3.05) is 0 Å². The van der Waals surface area contributed by atoms with Gasteiger partial charge in [0.2, 0.25) is 0 Å². The Morgan fingerprint density at radius 2 is 2.00 bits per heavy atom. The van der Waals surface area contributed by atoms with Crippen molar-refractivity contribution in [1.82, 2.24) is 15.1 Å². The molecule has 1 atom stereocenters. The van der Waals surface area contributed by atoms with Crippen molar-refractivity contribution in [3.8, 4) is 0 Å². The van der Waals surface area contributed by atoms with Crippen LogP contribution in [0.5, 0.6) is 0 Å². The largest absolute Gasteiger partial charge is 0.481 e. The predicted octanol–water partition coefficient (Wildman–Crippen LogP) is 1.67. The van der Waals surface area contributed by atoms with E-state index in [2.05, 4.69) is 10.4 Å². The average Bonchev–Trinajstić information content (AvgIpc) is 2.77. The Morgan fingerprint density at radius 3 is 2.52 bits per heavy atom. The minimum Gasteiger partial charge on any atom is -0.481 e. The molecule has 1 heterocycles. The number of carboxylic acids is 1. The maximum atomic E-state index is 12.3. The molecule has 2 N–H and O–H groups in total. The molecule has 1 aromatic heterocycles. The molecule has 0 spiro atoms. The lowest BCUT2D eigenvalue weighted by Gasteiger charge is -2.17. The van der Waals surface area contributed by atoms with Gasteiger partial charge in [-0.2, -0.15) is 5.10 Å². The molecule has 0 saturated carbocycles. The highest BCUT2D eigenvalue weighted by Crippen LogP contribution is 2.18. The zero-order valence-electron chi connectivity index (χ0n) is 11.9. The summed E-state index contributed by atoms with van der Waals surface area (Å²) in [5.74, 6) is -1.29. The molecule has 21 heavy (non-hydrogen) atoms. The predicted molar refractivity (Wildman–Crippen MR) is 76.8 cm³/mol. The fourth-order valence-electron chi connectivity index (χ4n) is 2.17. The third-order valence-electron chi connectivity index (χ3n) is 3.14. The Kier molecular flexibility index (Phi) is 4.37. The highest BCUT2D eigenvalue weighted by Gasteiger charge is 2.20. The van der Waals surface area contributed by atoms with Gasteiger partial charge in [-0.3, -0.25) is 14.3 Å². The smallest absolute Gasteiger partial charge is 0.305 e. The van der Waals surface area contributed by atoms with Gasteiger partial charge in [0.25, 0.3) is 5.91 Å². The molecule has 0 saturated heterocycles. The Balaban J connectivity index is 2.21. The fraction of sp³-hybridized carbons (Fsp3) is 0.267. The molecule has 0 bridgehead atoms. The summed E-state index contributed by atoms with van der Waals surface area (Å²) >= 11 is 0. The van der Waals surface area contributed by atoms with Crippen LogP contribution in [0, 0.1) is 6.92 Å². The van der Waals surface area contributed by atoms with E-state index in [1.807, 2.05) is 18.2 Å². The minimum absolute atomic E-state index is 0.172. The number of hydrogen-bond donors (Lipinski definition) is 2. The number of aliphatic carboxylic acids is 1. The highest BCUT2D eigenvalue weighted by atomic mass is 16.4. The normalized spacial score (nSPS) is 11.9. The Hall–Kier alpha value is -2.63. The van der Waals surface area contributed by atoms with Gasteiger partial charge in [0.15, 0.2) is 0 Å². The summed E-state index contributed by atoms with van der Waals surface area (Å²) in [6.45, 7) is 1.74. The number of amides is 1. The van der Waals surface area contributed by atoms with Crippen molar-refractivity contribution in [2.45, 2.75) is 19.4 Å². The van der Waals surface area contributed by atoms with Crippen molar-refractivity contribution < 1.29 is 14.7 Å². The molecule has 110 valence electrons. The van der Waals surface area contributed by atoms with Crippen molar-refractivity contribution in [2.24, 2.45) is 7.05 Å². The van der Waals surface area contributed by atoms with Gasteiger partial charge in [0, 0.05) is 13.2 Å². The van der Waals surface area contributed by atoms with E-state index in [1.54, 1.807) is 37.0 Å². The molecule has 0 fully saturated rings. The van der Waals surface area contributed by atoms with E-state index in [9.17, 15) is 9.59 Å². The zero-order valence-corrected chi connectivity index (χ0v) is 11.9. The molecule has 2 aromatic rings. The van der Waals surface area contributed by atoms with Gasteiger partial charge < -0.3 is 10.4 Å². The lowest BCUT2D eigenvalue weighted by atomic mass is 10.0. The molecular weight excluding hydrogens is 270 g/mol. The molecule has 0 aliphatic heterocycles. The van der Waals surface area contributed by atoms with Crippen LogP contribution in [-0.4, -0.2) is 26.8 Å². The summed E-state index contributed by atoms with van der Waals surface area (Å²) in [6, 6.07) is 8.48. The van der Waals surface area contributed by atoms with E-state index >= 15 is 0 Å². The quantitative estimate of drug-likeness (QED) is 0.876. The number of nitrogens with one attached hydrogen (secondary N) is 1. The molecule has 2 rings (SSSR count). The lowest BCUT2D eigenvalue weighted by molar-refractivity contribution is -0.137. The van der Waals surface area contributed by atoms with Gasteiger partial charge in [-0.25, -0.2) is 0 Å². The van der Waals surface area contributed by atoms with Crippen molar-refractivity contribution in [3.63, 3.8) is 0 Å². The summed E-state index contributed by atoms with van der Waals surface area (Å²) in [5.41, 5.74) is 1.82. The van der Waals surface area contributed by atoms with Gasteiger partial charge in [0.05, 0.1) is 23.7 Å². The molecular formula is C15H17N3O3. The van der Waals surface area contributed by atoms with E-state index in [0.717, 1.165) is 5.56 Å². The Morgan fingerprint density at radius 1 is 1.33 bits per heavy atom. The molecule has 1 unspecified atom stereocenters. The number of aryl methyl sites for hydroxylation is 2. The van der Waals surface area contributed by atoms with Gasteiger partial charge >= 0.3 is 5.97 Å². The number of carbonyl (C=O) groups excluding carboxylic acids is 1. The molecule has 0 aliphatic carbocycles. The van der Waals surface area contributed by atoms with Crippen molar-refractivity contribution in [3.05, 3.63) is 53.3 Å². The summed E-state index contributed by atoms with van der Waals surface area (Å²) in [4.78, 5) is 23.3. The van der Waals surface area contributed by atoms with Crippen LogP contribution in [0.25, 0.3) is 0 Å². The fourth-order valence-corrected chi connectivity index (χ4v) is 2.17. The number of hydrogen-bond acceptors (Lipinski definition) is 3. The zero-order chi connectivity index (χ0) is 15.4. The van der Waals surface area contributed by atoms with E-state index < -0.39 is 12.0 Å². The number of aromatic nitrogens is 2. The Bertz CT molecular complexity index is 649. The minimum atomic E-state index is -0.966. The Labute approximate surface area is 122 Å². The van der Waals surface area contributed by atoms with E-state index in [0.29, 0.717) is 11.3 Å². The second kappa shape index (κ2) is 6.21. The third-order valence-corrected chi connectivity index (χ3v) is 3.14. The maximum absolute atomic E-state index is 12.3. The molecule has 6 nitrogen and oxygen atoms in total. The van der Waals surface area contributed by atoms with Crippen LogP contribution in [-0.2, 0) is 11.8 Å². The SMILES string of the molecule is Cc1nn(C)cc1C(=O)NC(CC(=O)O)c1ccccc1. The number of carbonyl (C=O) groups is 2. The van der Waals surface area contributed by atoms with Crippen molar-refractivity contribution in [1.29, 1.82) is 0 Å². The average molecular weight is 287 g/mol. The molecule has 1 amide bonds. The van der Waals surface area contributed by atoms with Crippen molar-refractivity contribution >= 4 is 11.9 Å². The molecule has 6 heteroatoms. The number of benzene rings is 1. The second-order valence-corrected chi connectivity index (χ2v) is 4.84. The van der Waals surface area contributed by atoms with Gasteiger partial charge in [-0.15, -0.1) is 0 Å². The first-order valence-electron chi connectivity index (χ1n) is 6.55. The summed E-state index contributed by atoms with van der Waals surface area (Å²) in [5, 5.41) is 15.9. The van der Waals surface area contributed by atoms with E-state index in [1.165, 1.54) is 0 Å². The van der Waals surface area contributed by atoms with Crippen LogP contribution >= 0.6 is 0 Å². The summed E-state index contributed by atoms with van der Waals surface area (Å²) < 4.78 is 1.55. The summed E-state index contributed by atoms with van der Waals surface area (Å²) in [6.07, 6.45) is 1.45. The number of nitrogens with zero attached hydrogens (tertiary/aromatic N) is 2. The van der Waals surface area contributed by atoms with Crippen LogP contribution in [0.3, 0.4) is 0 Å². The lowest BCUT2D eigenvalue weighted by Crippen LogP contribution is -2.30. The monoisotopic (exact) mass is 287 g/mol. The molecule has 0 aliphatic rings. The standard InChI is InChI=1S/C15H17N3O3/c1-10-12(9-18(2)17-10)15(21)16-13(8-14(19)20)11-6-4-3-5-7-11/h3-7,9,13H,8H2,1-2H3,(H,16,21)(H,19,20). The first-order chi connectivity index (χ1) is 9.97. The topological polar surface area (TPSA) is 84.2 Å². The van der Waals surface area contributed by atoms with Gasteiger partial charge in [0.1, 0.15) is 0 Å². The van der Waals surface area contributed by atoms with E-state index in [4.69, 9.17) is 5.11 Å². The van der Waals surface area contributed by atoms with E-state index in [-0.39, 0.29) is 12.3 Å². The number of carboxylic acid groups (broad SMARTS) is 1. The van der Waals surface area contributed by atoms with Gasteiger partial charge in [-0.05, 0) is 12.5 Å². The number of rotatable bonds is 5. The molecule has 0 radical (unpaired) electrons. The highest BCUT2D eigenvalue weighted by molar-refractivity contribution is 5.95. The summed E-state index contributed by atoms with van der Waals surface area (Å²) in [7, 11) is 1.73. The van der Waals surface area contributed by atoms with Crippen LogP contribution in [0.2, 0.25) is 0 Å². The molecule has 1 aromatic carbocycles. The first kappa shape index (κ1) is 14.8. The third kappa shape index (κ3) is 3.68. The van der Waals surface area contributed by atoms with Crippen LogP contribution in [0.4, 0.5) is 0 Å². The van der Waals surface area contributed by atoms with Crippen LogP contribution < -0.4 is 5.32 Å². The van der Waals surface area contributed by atoms with Gasteiger partial charge in [-0.1, -0.05) is 30.3 Å². The maximum Gasteiger partial charge on any atom is 0.305 e. The van der Waals surface area contributed by atoms with Crippen LogP contribution in [0.15, 0.2) is 36.5 Å².